The summed E-state index contributed by atoms with van der Waals surface area (Å²) in [7, 11) is 0. The van der Waals surface area contributed by atoms with Gasteiger partial charge in [0.1, 0.15) is 0 Å². The van der Waals surface area contributed by atoms with Crippen LogP contribution in [0.3, 0.4) is 0 Å². The van der Waals surface area contributed by atoms with Gasteiger partial charge in [0.25, 0.3) is 0 Å². The molecular weight excluding hydrogens is 1080 g/mol. The molecule has 3 aliphatic rings. The molecule has 0 N–H and O–H groups in total. The molecule has 0 fully saturated rings. The Morgan fingerprint density at radius 2 is 0.693 bits per heavy atom. The van der Waals surface area contributed by atoms with Gasteiger partial charge in [-0.15, -0.1) is 0 Å². The molecule has 0 spiro atoms. The zero-order valence-electron chi connectivity index (χ0n) is 56.3. The largest absolute Gasteiger partial charge is 0.311 e. The van der Waals surface area contributed by atoms with Gasteiger partial charge in [0.05, 0.1) is 0 Å². The average molecular weight is 1170 g/mol. The van der Waals surface area contributed by atoms with Crippen LogP contribution in [0.5, 0.6) is 0 Å². The van der Waals surface area contributed by atoms with Crippen molar-refractivity contribution in [2.24, 2.45) is 0 Å². The van der Waals surface area contributed by atoms with Crippen LogP contribution in [-0.2, 0) is 38.9 Å². The minimum atomic E-state index is -0.113. The Morgan fingerprint density at radius 3 is 1.10 bits per heavy atom. The summed E-state index contributed by atoms with van der Waals surface area (Å²) in [6.45, 7) is 47.2. The number of hydrogen-bond acceptors (Lipinski definition) is 3. The number of fused-ring (bicyclic) bond motifs is 9. The Morgan fingerprint density at radius 1 is 0.318 bits per heavy atom. The van der Waals surface area contributed by atoms with E-state index in [0.717, 1.165) is 6.42 Å². The number of benzene rings is 9. The van der Waals surface area contributed by atoms with Gasteiger partial charge < -0.3 is 9.80 Å². The maximum absolute atomic E-state index is 2.71. The Hall–Kier alpha value is -7.33. The highest BCUT2D eigenvalue weighted by Gasteiger charge is 2.45. The summed E-state index contributed by atoms with van der Waals surface area (Å²) in [5.41, 5.74) is 33.6. The molecule has 444 valence electrons. The van der Waals surface area contributed by atoms with Crippen LogP contribution in [0.2, 0.25) is 0 Å². The quantitative estimate of drug-likeness (QED) is 0.162. The van der Waals surface area contributed by atoms with E-state index in [2.05, 4.69) is 317 Å². The Labute approximate surface area is 532 Å². The number of anilines is 6. The molecule has 1 aromatic heterocycles. The van der Waals surface area contributed by atoms with Crippen molar-refractivity contribution in [1.29, 1.82) is 0 Å². The van der Waals surface area contributed by atoms with Crippen molar-refractivity contribution in [2.75, 3.05) is 9.80 Å². The third-order valence-corrected chi connectivity index (χ3v) is 20.6. The smallest absolute Gasteiger partial charge is 0.247 e. The molecule has 0 atom stereocenters. The van der Waals surface area contributed by atoms with Gasteiger partial charge in [0, 0.05) is 34.1 Å². The number of thiophene rings is 1. The molecule has 13 rings (SSSR count). The molecule has 5 heteroatoms. The van der Waals surface area contributed by atoms with Gasteiger partial charge in [-0.25, -0.2) is 0 Å². The molecule has 3 aliphatic heterocycles. The summed E-state index contributed by atoms with van der Waals surface area (Å²) >= 11 is 1.78. The standard InChI is InChI=1S/C83H90B2N2S/c1-50-23-21-25-54-33-55-26-22-24-51(2)77(55)85-69-32-29-53(58-36-62(80(9,10)11)42-63(37-58)81(12,13)14)40-73(69)87(67-44-64(82(15,16)17)43-65(45-67)83(18,19)20)75-47-74-70(46-71(75)85)84(76(50)54)68-31-28-52(57-34-60(78(3,4)5)41-61(35-57)79(6,7)8)39-72(68)86(74)66-30-27-56-48-88-49-59(56)38-66/h21-32,34-49H,33H2,1-20H3. The molecule has 0 aliphatic carbocycles. The number of aryl methyl sites for hydroxylation is 2. The van der Waals surface area contributed by atoms with Crippen LogP contribution in [0.1, 0.15) is 180 Å². The van der Waals surface area contributed by atoms with Crippen molar-refractivity contribution in [2.45, 2.75) is 177 Å². The van der Waals surface area contributed by atoms with Crippen molar-refractivity contribution in [3.8, 4) is 22.3 Å². The molecule has 0 radical (unpaired) electrons. The van der Waals surface area contributed by atoms with Gasteiger partial charge in [-0.1, -0.05) is 262 Å². The van der Waals surface area contributed by atoms with E-state index in [0.29, 0.717) is 0 Å². The maximum Gasteiger partial charge on any atom is 0.247 e. The summed E-state index contributed by atoms with van der Waals surface area (Å²) < 4.78 is 0. The fourth-order valence-corrected chi connectivity index (χ4v) is 15.2. The van der Waals surface area contributed by atoms with Crippen LogP contribution >= 0.6 is 11.3 Å². The Bertz CT molecular complexity index is 4370. The SMILES string of the molecule is Cc1cccc2c1B1c3ccc(-c4cc(C(C)(C)C)cc(C(C)(C)C)c4)cc3N(c3cc(C(C)(C)C)cc(C(C)(C)C)c3)c3cc4c(cc31)B(c1ccc(-c3cc(C(C)(C)C)cc(C(C)(C)C)c3)cc1N4c1ccc3cscc3c1)c1c(C)cccc1C2. The number of hydrogen-bond donors (Lipinski definition) is 0. The average Bonchev–Trinajstić information content (AvgIpc) is 2.17. The minimum Gasteiger partial charge on any atom is -0.311 e. The molecular formula is C83H90B2N2S. The predicted molar refractivity (Wildman–Crippen MR) is 389 cm³/mol. The highest BCUT2D eigenvalue weighted by Crippen LogP contribution is 2.48. The lowest BCUT2D eigenvalue weighted by atomic mass is 9.29. The highest BCUT2D eigenvalue weighted by molar-refractivity contribution is 7.09. The molecule has 0 saturated heterocycles. The molecule has 10 aromatic rings. The van der Waals surface area contributed by atoms with Crippen LogP contribution in [-0.4, -0.2) is 13.4 Å². The van der Waals surface area contributed by atoms with Gasteiger partial charge >= 0.3 is 0 Å². The van der Waals surface area contributed by atoms with E-state index in [9.17, 15) is 0 Å². The van der Waals surface area contributed by atoms with Gasteiger partial charge in [-0.2, -0.15) is 11.3 Å². The maximum atomic E-state index is 2.71. The zero-order valence-corrected chi connectivity index (χ0v) is 57.1. The predicted octanol–water partition coefficient (Wildman–Crippen LogP) is 19.1. The van der Waals surface area contributed by atoms with E-state index in [-0.39, 0.29) is 45.9 Å². The van der Waals surface area contributed by atoms with Gasteiger partial charge in [-0.05, 0) is 205 Å². The van der Waals surface area contributed by atoms with E-state index in [1.807, 2.05) is 0 Å². The zero-order chi connectivity index (χ0) is 62.7. The molecule has 2 bridgehead atoms. The second-order valence-electron chi connectivity index (χ2n) is 32.6. The molecule has 88 heavy (non-hydrogen) atoms. The van der Waals surface area contributed by atoms with Crippen molar-refractivity contribution in [3.05, 3.63) is 224 Å². The first kappa shape index (κ1) is 59.6. The second kappa shape index (κ2) is 20.6. The van der Waals surface area contributed by atoms with Gasteiger partial charge in [0.15, 0.2) is 0 Å². The van der Waals surface area contributed by atoms with Gasteiger partial charge in [0.2, 0.25) is 13.4 Å². The fraction of sp³-hybridized carbons (Fsp3) is 0.325. The lowest BCUT2D eigenvalue weighted by molar-refractivity contribution is 0.568. The lowest BCUT2D eigenvalue weighted by Gasteiger charge is -2.44. The number of rotatable bonds is 4. The third kappa shape index (κ3) is 10.4. The lowest BCUT2D eigenvalue weighted by Crippen LogP contribution is -2.64. The molecule has 0 amide bonds. The molecule has 0 saturated carbocycles. The topological polar surface area (TPSA) is 6.48 Å². The first-order valence-electron chi connectivity index (χ1n) is 32.4. The summed E-state index contributed by atoms with van der Waals surface area (Å²) in [5, 5.41) is 7.15. The first-order valence-corrected chi connectivity index (χ1v) is 33.3. The van der Waals surface area contributed by atoms with Crippen LogP contribution < -0.4 is 42.6 Å². The van der Waals surface area contributed by atoms with Gasteiger partial charge in [-0.3, -0.25) is 0 Å². The normalized spacial score (nSPS) is 14.2. The molecule has 2 nitrogen and oxygen atoms in total. The molecule has 0 unspecified atom stereocenters. The Balaban J connectivity index is 1.19. The van der Waals surface area contributed by atoms with E-state index in [1.165, 1.54) is 156 Å². The Kier molecular flexibility index (Phi) is 14.0. The summed E-state index contributed by atoms with van der Waals surface area (Å²) in [6.07, 6.45) is 0.825. The summed E-state index contributed by atoms with van der Waals surface area (Å²) in [5.74, 6) is 0. The van der Waals surface area contributed by atoms with Crippen molar-refractivity contribution < 1.29 is 0 Å². The van der Waals surface area contributed by atoms with E-state index >= 15 is 0 Å². The van der Waals surface area contributed by atoms with E-state index in [4.69, 9.17) is 0 Å². The fourth-order valence-electron chi connectivity index (χ4n) is 14.4. The highest BCUT2D eigenvalue weighted by atomic mass is 32.1. The second-order valence-corrected chi connectivity index (χ2v) is 33.3. The molecule has 9 aromatic carbocycles. The minimum absolute atomic E-state index is 0.0340. The van der Waals surface area contributed by atoms with Crippen molar-refractivity contribution in [3.63, 3.8) is 0 Å². The summed E-state index contributed by atoms with van der Waals surface area (Å²) in [4.78, 5) is 5.38. The third-order valence-electron chi connectivity index (χ3n) is 19.9. The van der Waals surface area contributed by atoms with E-state index < -0.39 is 0 Å². The first-order chi connectivity index (χ1) is 41.2. The summed E-state index contributed by atoms with van der Waals surface area (Å²) in [6, 6.07) is 64.2. The van der Waals surface area contributed by atoms with Crippen LogP contribution in [0.25, 0.3) is 33.0 Å². The van der Waals surface area contributed by atoms with Crippen molar-refractivity contribution in [1.82, 2.24) is 0 Å². The molecule has 4 heterocycles. The monoisotopic (exact) mass is 1170 g/mol. The number of nitrogens with zero attached hydrogens (tertiary/aromatic N) is 2. The van der Waals surface area contributed by atoms with Crippen LogP contribution in [0.4, 0.5) is 34.1 Å². The van der Waals surface area contributed by atoms with Crippen molar-refractivity contribution >= 4 is 102 Å². The van der Waals surface area contributed by atoms with E-state index in [1.54, 1.807) is 11.3 Å². The van der Waals surface area contributed by atoms with Crippen LogP contribution in [0, 0.1) is 13.8 Å². The van der Waals surface area contributed by atoms with Crippen LogP contribution in [0.15, 0.2) is 168 Å².